The van der Waals surface area contributed by atoms with Gasteiger partial charge < -0.3 is 0 Å². The van der Waals surface area contributed by atoms with Gasteiger partial charge in [0.1, 0.15) is 6.33 Å². The van der Waals surface area contributed by atoms with Gasteiger partial charge in [0, 0.05) is 12.4 Å². The molecule has 0 aliphatic heterocycles. The lowest BCUT2D eigenvalue weighted by atomic mass is 10.7. The van der Waals surface area contributed by atoms with Crippen LogP contribution in [0.15, 0.2) is 24.8 Å². The second kappa shape index (κ2) is 7.54. The highest BCUT2D eigenvalue weighted by atomic mass is 127. The Kier molecular flexibility index (Phi) is 10.7. The van der Waals surface area contributed by atoms with Gasteiger partial charge in [0.15, 0.2) is 0 Å². The van der Waals surface area contributed by atoms with Gasteiger partial charge in [-0.2, -0.15) is 0 Å². The Morgan fingerprint density at radius 3 is 1.50 bits per heavy atom. The van der Waals surface area contributed by atoms with Crippen molar-refractivity contribution in [1.29, 1.82) is 0 Å². The second-order valence-electron chi connectivity index (χ2n) is 0.904. The summed E-state index contributed by atoms with van der Waals surface area (Å²) < 4.78 is 0. The molecule has 0 aliphatic rings. The SMILES string of the molecule is I.I.c1cncnc1. The molecule has 0 saturated carbocycles. The summed E-state index contributed by atoms with van der Waals surface area (Å²) in [7, 11) is 0. The number of aromatic nitrogens is 2. The summed E-state index contributed by atoms with van der Waals surface area (Å²) in [6, 6.07) is 1.78. The van der Waals surface area contributed by atoms with Gasteiger partial charge in [-0.05, 0) is 6.07 Å². The Balaban J connectivity index is 0. The third kappa shape index (κ3) is 4.69. The van der Waals surface area contributed by atoms with Crippen LogP contribution >= 0.6 is 48.0 Å². The minimum absolute atomic E-state index is 0. The Labute approximate surface area is 82.2 Å². The summed E-state index contributed by atoms with van der Waals surface area (Å²) in [5.41, 5.74) is 0. The van der Waals surface area contributed by atoms with Gasteiger partial charge in [0.2, 0.25) is 0 Å². The van der Waals surface area contributed by atoms with E-state index in [1.165, 1.54) is 6.33 Å². The molecular weight excluding hydrogens is 330 g/mol. The van der Waals surface area contributed by atoms with Crippen molar-refractivity contribution in [1.82, 2.24) is 9.97 Å². The van der Waals surface area contributed by atoms with E-state index in [0.29, 0.717) is 0 Å². The van der Waals surface area contributed by atoms with E-state index < -0.39 is 0 Å². The van der Waals surface area contributed by atoms with Crippen molar-refractivity contribution >= 4 is 48.0 Å². The van der Waals surface area contributed by atoms with E-state index >= 15 is 0 Å². The van der Waals surface area contributed by atoms with E-state index in [9.17, 15) is 0 Å². The second-order valence-corrected chi connectivity index (χ2v) is 0.904. The fourth-order valence-electron chi connectivity index (χ4n) is 0.253. The van der Waals surface area contributed by atoms with E-state index in [1.807, 2.05) is 0 Å². The van der Waals surface area contributed by atoms with Gasteiger partial charge >= 0.3 is 0 Å². The largest absolute Gasteiger partial charge is 0.245 e. The number of rotatable bonds is 0. The van der Waals surface area contributed by atoms with Crippen LogP contribution in [0.3, 0.4) is 0 Å². The lowest BCUT2D eigenvalue weighted by molar-refractivity contribution is 1.17. The lowest BCUT2D eigenvalue weighted by Crippen LogP contribution is -1.66. The number of nitrogens with zero attached hydrogens (tertiary/aromatic N) is 2. The topological polar surface area (TPSA) is 25.8 Å². The van der Waals surface area contributed by atoms with Gasteiger partial charge in [-0.3, -0.25) is 0 Å². The van der Waals surface area contributed by atoms with Crippen molar-refractivity contribution in [3.8, 4) is 0 Å². The van der Waals surface area contributed by atoms with Crippen LogP contribution in [0.4, 0.5) is 0 Å². The first-order valence-corrected chi connectivity index (χ1v) is 1.70. The molecule has 0 saturated heterocycles. The van der Waals surface area contributed by atoms with Crippen LogP contribution in [0.1, 0.15) is 0 Å². The van der Waals surface area contributed by atoms with E-state index in [1.54, 1.807) is 18.5 Å². The van der Waals surface area contributed by atoms with Crippen LogP contribution in [-0.4, -0.2) is 9.97 Å². The summed E-state index contributed by atoms with van der Waals surface area (Å²) in [5.74, 6) is 0. The predicted molar refractivity (Wildman–Crippen MR) is 52.9 cm³/mol. The average molecular weight is 336 g/mol. The van der Waals surface area contributed by atoms with Crippen LogP contribution < -0.4 is 0 Å². The maximum Gasteiger partial charge on any atom is 0.115 e. The maximum atomic E-state index is 3.67. The smallest absolute Gasteiger partial charge is 0.115 e. The van der Waals surface area contributed by atoms with Gasteiger partial charge in [-0.25, -0.2) is 9.97 Å². The number of hydrogen-bond acceptors (Lipinski definition) is 2. The molecular formula is C4H6I2N2. The summed E-state index contributed by atoms with van der Waals surface area (Å²) in [4.78, 5) is 7.35. The summed E-state index contributed by atoms with van der Waals surface area (Å²) in [6.45, 7) is 0. The fourth-order valence-corrected chi connectivity index (χ4v) is 0.253. The van der Waals surface area contributed by atoms with Gasteiger partial charge in [0.05, 0.1) is 0 Å². The van der Waals surface area contributed by atoms with Crippen LogP contribution in [-0.2, 0) is 0 Å². The summed E-state index contributed by atoms with van der Waals surface area (Å²) in [5, 5.41) is 0. The quantitative estimate of drug-likeness (QED) is 0.675. The zero-order chi connectivity index (χ0) is 4.24. The van der Waals surface area contributed by atoms with Crippen molar-refractivity contribution in [3.63, 3.8) is 0 Å². The molecule has 0 amide bonds. The van der Waals surface area contributed by atoms with Gasteiger partial charge in [-0.15, -0.1) is 48.0 Å². The molecule has 0 spiro atoms. The monoisotopic (exact) mass is 336 g/mol. The van der Waals surface area contributed by atoms with Gasteiger partial charge in [-0.1, -0.05) is 0 Å². The molecule has 1 aromatic heterocycles. The maximum absolute atomic E-state index is 3.67. The normalized spacial score (nSPS) is 6.00. The van der Waals surface area contributed by atoms with E-state index in [-0.39, 0.29) is 48.0 Å². The van der Waals surface area contributed by atoms with Crippen molar-refractivity contribution in [2.45, 2.75) is 0 Å². The molecule has 0 atom stereocenters. The Morgan fingerprint density at radius 1 is 0.875 bits per heavy atom. The van der Waals surface area contributed by atoms with Gasteiger partial charge in [0.25, 0.3) is 0 Å². The Morgan fingerprint density at radius 2 is 1.38 bits per heavy atom. The first kappa shape index (κ1) is 11.4. The van der Waals surface area contributed by atoms with Crippen molar-refractivity contribution < 1.29 is 0 Å². The first-order valence-electron chi connectivity index (χ1n) is 1.70. The molecule has 0 bridgehead atoms. The minimum Gasteiger partial charge on any atom is -0.245 e. The Hall–Kier alpha value is 0.540. The van der Waals surface area contributed by atoms with Crippen molar-refractivity contribution in [2.75, 3.05) is 0 Å². The average Bonchev–Trinajstić information content (AvgIpc) is 1.72. The molecule has 46 valence electrons. The zero-order valence-corrected chi connectivity index (χ0v) is 8.68. The molecule has 0 N–H and O–H groups in total. The minimum atomic E-state index is 0. The highest BCUT2D eigenvalue weighted by molar-refractivity contribution is 14.0. The molecule has 0 fully saturated rings. The molecule has 0 aliphatic carbocycles. The van der Waals surface area contributed by atoms with E-state index in [2.05, 4.69) is 9.97 Å². The molecule has 2 nitrogen and oxygen atoms in total. The van der Waals surface area contributed by atoms with Crippen LogP contribution in [0, 0.1) is 0 Å². The molecule has 0 unspecified atom stereocenters. The molecule has 1 rings (SSSR count). The molecule has 8 heavy (non-hydrogen) atoms. The Bertz CT molecular complexity index is 84.0. The fraction of sp³-hybridized carbons (Fsp3) is 0. The highest BCUT2D eigenvalue weighted by Gasteiger charge is 1.59. The lowest BCUT2D eigenvalue weighted by Gasteiger charge is -1.70. The molecule has 1 aromatic rings. The zero-order valence-electron chi connectivity index (χ0n) is 4.02. The number of halogens is 2. The summed E-state index contributed by atoms with van der Waals surface area (Å²) in [6.07, 6.45) is 4.88. The predicted octanol–water partition coefficient (Wildman–Crippen LogP) is 1.71. The molecule has 0 aromatic carbocycles. The third-order valence-corrected chi connectivity index (χ3v) is 0.478. The van der Waals surface area contributed by atoms with Crippen LogP contribution in [0.25, 0.3) is 0 Å². The van der Waals surface area contributed by atoms with Crippen LogP contribution in [0.2, 0.25) is 0 Å². The highest BCUT2D eigenvalue weighted by Crippen LogP contribution is 1.66. The van der Waals surface area contributed by atoms with Crippen molar-refractivity contribution in [2.24, 2.45) is 0 Å². The third-order valence-electron chi connectivity index (χ3n) is 0.478. The standard InChI is InChI=1S/C4H4N2.2HI/c1-2-5-4-6-3-1;;/h1-4H;2*1H. The summed E-state index contributed by atoms with van der Waals surface area (Å²) >= 11 is 0. The molecule has 0 radical (unpaired) electrons. The van der Waals surface area contributed by atoms with E-state index in [4.69, 9.17) is 0 Å². The van der Waals surface area contributed by atoms with Crippen molar-refractivity contribution in [3.05, 3.63) is 24.8 Å². The molecule has 4 heteroatoms. The van der Waals surface area contributed by atoms with E-state index in [0.717, 1.165) is 0 Å². The van der Waals surface area contributed by atoms with Crippen LogP contribution in [0.5, 0.6) is 0 Å². The molecule has 1 heterocycles. The first-order chi connectivity index (χ1) is 3.00. The number of hydrogen-bond donors (Lipinski definition) is 0.